The van der Waals surface area contributed by atoms with Gasteiger partial charge in [0.25, 0.3) is 0 Å². The molecule has 0 aliphatic carbocycles. The molecule has 102 valence electrons. The molecule has 0 unspecified atom stereocenters. The van der Waals surface area contributed by atoms with E-state index in [9.17, 15) is 0 Å². The summed E-state index contributed by atoms with van der Waals surface area (Å²) in [6.45, 7) is 10.2. The second kappa shape index (κ2) is 10.4. The Labute approximate surface area is 116 Å². The lowest BCUT2D eigenvalue weighted by atomic mass is 10.3. The molecule has 0 heterocycles. The van der Waals surface area contributed by atoms with Gasteiger partial charge in [0.2, 0.25) is 0 Å². The monoisotopic (exact) mass is 266 g/mol. The molecule has 0 atom stereocenters. The van der Waals surface area contributed by atoms with Crippen molar-refractivity contribution < 1.29 is 0 Å². The molecular formula is C15H26N2S. The van der Waals surface area contributed by atoms with Gasteiger partial charge in [0.15, 0.2) is 0 Å². The van der Waals surface area contributed by atoms with E-state index in [2.05, 4.69) is 54.4 Å². The molecule has 1 N–H and O–H groups in total. The van der Waals surface area contributed by atoms with E-state index in [1.807, 2.05) is 11.8 Å². The van der Waals surface area contributed by atoms with Gasteiger partial charge in [0.05, 0.1) is 0 Å². The average molecular weight is 266 g/mol. The number of nitrogens with zero attached hydrogens (tertiary/aromatic N) is 1. The molecule has 0 saturated carbocycles. The fourth-order valence-electron chi connectivity index (χ4n) is 1.85. The Kier molecular flexibility index (Phi) is 9.00. The van der Waals surface area contributed by atoms with E-state index in [1.165, 1.54) is 31.0 Å². The number of nitrogens with one attached hydrogen (secondary N) is 1. The third-order valence-corrected chi connectivity index (χ3v) is 4.03. The van der Waals surface area contributed by atoms with Crippen LogP contribution in [0.15, 0.2) is 35.2 Å². The minimum atomic E-state index is 1.10. The van der Waals surface area contributed by atoms with Crippen molar-refractivity contribution in [3.8, 4) is 0 Å². The summed E-state index contributed by atoms with van der Waals surface area (Å²) >= 11 is 1.92. The Balaban J connectivity index is 1.93. The van der Waals surface area contributed by atoms with Crippen molar-refractivity contribution in [2.45, 2.75) is 25.2 Å². The first-order valence-corrected chi connectivity index (χ1v) is 7.96. The molecule has 0 saturated heterocycles. The van der Waals surface area contributed by atoms with Gasteiger partial charge in [-0.3, -0.25) is 0 Å². The molecule has 0 amide bonds. The molecule has 0 fully saturated rings. The molecule has 2 nitrogen and oxygen atoms in total. The first-order chi connectivity index (χ1) is 8.86. The van der Waals surface area contributed by atoms with E-state index in [0.29, 0.717) is 0 Å². The third-order valence-electron chi connectivity index (χ3n) is 3.01. The van der Waals surface area contributed by atoms with Gasteiger partial charge in [0, 0.05) is 17.2 Å². The Hall–Kier alpha value is -0.510. The van der Waals surface area contributed by atoms with Crippen molar-refractivity contribution in [2.24, 2.45) is 0 Å². The Morgan fingerprint density at radius 2 is 1.78 bits per heavy atom. The highest BCUT2D eigenvalue weighted by Gasteiger charge is 1.97. The number of benzene rings is 1. The summed E-state index contributed by atoms with van der Waals surface area (Å²) in [5.74, 6) is 1.15. The van der Waals surface area contributed by atoms with Crippen molar-refractivity contribution in [3.05, 3.63) is 30.3 Å². The normalized spacial score (nSPS) is 11.1. The highest BCUT2D eigenvalue weighted by Crippen LogP contribution is 2.15. The molecule has 0 aliphatic heterocycles. The quantitative estimate of drug-likeness (QED) is 0.517. The summed E-state index contributed by atoms with van der Waals surface area (Å²) in [4.78, 5) is 3.84. The zero-order valence-corrected chi connectivity index (χ0v) is 12.5. The Morgan fingerprint density at radius 1 is 1.06 bits per heavy atom. The fourth-order valence-corrected chi connectivity index (χ4v) is 2.68. The second-order valence-corrected chi connectivity index (χ2v) is 5.46. The molecular weight excluding hydrogens is 240 g/mol. The zero-order valence-electron chi connectivity index (χ0n) is 11.7. The fraction of sp³-hybridized carbons (Fsp3) is 0.600. The minimum Gasteiger partial charge on any atom is -0.316 e. The largest absolute Gasteiger partial charge is 0.316 e. The molecule has 1 rings (SSSR count). The maximum absolute atomic E-state index is 3.51. The van der Waals surface area contributed by atoms with Crippen molar-refractivity contribution >= 4 is 11.8 Å². The van der Waals surface area contributed by atoms with Crippen LogP contribution in [0.3, 0.4) is 0 Å². The van der Waals surface area contributed by atoms with Gasteiger partial charge in [-0.1, -0.05) is 32.0 Å². The summed E-state index contributed by atoms with van der Waals surface area (Å²) in [5, 5.41) is 3.51. The van der Waals surface area contributed by atoms with E-state index < -0.39 is 0 Å². The average Bonchev–Trinajstić information content (AvgIpc) is 2.43. The van der Waals surface area contributed by atoms with Gasteiger partial charge in [-0.15, -0.1) is 11.8 Å². The summed E-state index contributed by atoms with van der Waals surface area (Å²) in [7, 11) is 0. The van der Waals surface area contributed by atoms with Crippen molar-refractivity contribution in [1.82, 2.24) is 10.2 Å². The molecule has 0 aromatic heterocycles. The number of rotatable bonds is 10. The van der Waals surface area contributed by atoms with E-state index in [1.54, 1.807) is 0 Å². The van der Waals surface area contributed by atoms with E-state index in [-0.39, 0.29) is 0 Å². The van der Waals surface area contributed by atoms with Crippen LogP contribution in [0.5, 0.6) is 0 Å². The summed E-state index contributed by atoms with van der Waals surface area (Å²) < 4.78 is 0. The van der Waals surface area contributed by atoms with Gasteiger partial charge in [-0.2, -0.15) is 0 Å². The van der Waals surface area contributed by atoms with Crippen LogP contribution in [0, 0.1) is 0 Å². The summed E-state index contributed by atoms with van der Waals surface area (Å²) in [5.41, 5.74) is 0. The van der Waals surface area contributed by atoms with Gasteiger partial charge >= 0.3 is 0 Å². The van der Waals surface area contributed by atoms with Gasteiger partial charge in [-0.05, 0) is 44.7 Å². The lowest BCUT2D eigenvalue weighted by molar-refractivity contribution is 0.298. The first kappa shape index (κ1) is 15.5. The Bertz CT molecular complexity index is 286. The summed E-state index contributed by atoms with van der Waals surface area (Å²) in [6.07, 6.45) is 1.25. The second-order valence-electron chi connectivity index (χ2n) is 4.29. The molecule has 18 heavy (non-hydrogen) atoms. The van der Waals surface area contributed by atoms with Crippen LogP contribution >= 0.6 is 11.8 Å². The highest BCUT2D eigenvalue weighted by molar-refractivity contribution is 7.99. The standard InChI is InChI=1S/C15H26N2S/c1-3-17(4-2)13-8-11-16-12-14-18-15-9-6-5-7-10-15/h5-7,9-10,16H,3-4,8,11-14H2,1-2H3. The molecule has 0 radical (unpaired) electrons. The number of hydrogen-bond donors (Lipinski definition) is 1. The Morgan fingerprint density at radius 3 is 2.44 bits per heavy atom. The van der Waals surface area contributed by atoms with Crippen LogP contribution in [0.25, 0.3) is 0 Å². The van der Waals surface area contributed by atoms with Crippen LogP contribution in [0.4, 0.5) is 0 Å². The van der Waals surface area contributed by atoms with Crippen molar-refractivity contribution in [3.63, 3.8) is 0 Å². The maximum atomic E-state index is 3.51. The molecule has 1 aromatic carbocycles. The van der Waals surface area contributed by atoms with Crippen molar-refractivity contribution in [2.75, 3.05) is 38.5 Å². The lowest BCUT2D eigenvalue weighted by Crippen LogP contribution is -2.27. The highest BCUT2D eigenvalue weighted by atomic mass is 32.2. The van der Waals surface area contributed by atoms with Crippen LogP contribution in [0.1, 0.15) is 20.3 Å². The predicted molar refractivity (Wildman–Crippen MR) is 82.4 cm³/mol. The zero-order chi connectivity index (χ0) is 13.1. The molecule has 0 spiro atoms. The smallest absolute Gasteiger partial charge is 0.0106 e. The number of hydrogen-bond acceptors (Lipinski definition) is 3. The van der Waals surface area contributed by atoms with Crippen LogP contribution in [-0.4, -0.2) is 43.4 Å². The predicted octanol–water partition coefficient (Wildman–Crippen LogP) is 3.10. The minimum absolute atomic E-state index is 1.10. The molecule has 0 aliphatic rings. The van der Waals surface area contributed by atoms with E-state index >= 15 is 0 Å². The van der Waals surface area contributed by atoms with Crippen LogP contribution < -0.4 is 5.32 Å². The van der Waals surface area contributed by atoms with Gasteiger partial charge in [0.1, 0.15) is 0 Å². The lowest BCUT2D eigenvalue weighted by Gasteiger charge is -2.17. The molecule has 0 bridgehead atoms. The van der Waals surface area contributed by atoms with E-state index in [4.69, 9.17) is 0 Å². The van der Waals surface area contributed by atoms with Crippen molar-refractivity contribution in [1.29, 1.82) is 0 Å². The van der Waals surface area contributed by atoms with Crippen LogP contribution in [-0.2, 0) is 0 Å². The topological polar surface area (TPSA) is 15.3 Å². The van der Waals surface area contributed by atoms with E-state index in [0.717, 1.165) is 18.8 Å². The SMILES string of the molecule is CCN(CC)CCCNCCSc1ccccc1. The first-order valence-electron chi connectivity index (χ1n) is 6.97. The maximum Gasteiger partial charge on any atom is 0.0106 e. The van der Waals surface area contributed by atoms with Crippen LogP contribution in [0.2, 0.25) is 0 Å². The van der Waals surface area contributed by atoms with Gasteiger partial charge < -0.3 is 10.2 Å². The molecule has 3 heteroatoms. The number of thioether (sulfide) groups is 1. The molecule has 1 aromatic rings. The van der Waals surface area contributed by atoms with Gasteiger partial charge in [-0.25, -0.2) is 0 Å². The third kappa shape index (κ3) is 7.04. The summed E-state index contributed by atoms with van der Waals surface area (Å²) in [6, 6.07) is 10.6.